The highest BCUT2D eigenvalue weighted by Crippen LogP contribution is 2.39. The second kappa shape index (κ2) is 3.48. The fourth-order valence-corrected chi connectivity index (χ4v) is 2.84. The van der Waals surface area contributed by atoms with Crippen LogP contribution in [0.5, 0.6) is 0 Å². The average molecular weight is 248 g/mol. The number of fused-ring (bicyclic) bond motifs is 2. The van der Waals surface area contributed by atoms with Crippen LogP contribution in [0.3, 0.4) is 0 Å². The third-order valence-electron chi connectivity index (χ3n) is 3.76. The normalized spacial score (nSPS) is 12.6. The summed E-state index contributed by atoms with van der Waals surface area (Å²) in [4.78, 5) is 14.1. The Morgan fingerprint density at radius 1 is 0.842 bits per heavy atom. The summed E-state index contributed by atoms with van der Waals surface area (Å²) in [7, 11) is 2.04. The molecule has 0 atom stereocenters. The predicted octanol–water partition coefficient (Wildman–Crippen LogP) is 3.07. The number of benzene rings is 2. The molecule has 1 aliphatic rings. The van der Waals surface area contributed by atoms with Crippen LogP contribution in [-0.2, 0) is 0 Å². The van der Waals surface area contributed by atoms with Crippen molar-refractivity contribution in [1.82, 2.24) is 4.57 Å². The van der Waals surface area contributed by atoms with E-state index >= 15 is 0 Å². The molecule has 0 N–H and O–H groups in total. The zero-order valence-electron chi connectivity index (χ0n) is 10.5. The van der Waals surface area contributed by atoms with Crippen LogP contribution in [0.4, 0.5) is 11.4 Å². The number of nitrogens with zero attached hydrogens (tertiary/aromatic N) is 2. The van der Waals surface area contributed by atoms with Crippen molar-refractivity contribution in [3.63, 3.8) is 0 Å². The van der Waals surface area contributed by atoms with E-state index in [2.05, 4.69) is 21.6 Å². The molecule has 2 heterocycles. The van der Waals surface area contributed by atoms with E-state index in [0.717, 1.165) is 28.0 Å². The van der Waals surface area contributed by atoms with Crippen molar-refractivity contribution in [1.29, 1.82) is 0 Å². The van der Waals surface area contributed by atoms with Crippen LogP contribution in [0.1, 0.15) is 0 Å². The summed E-state index contributed by atoms with van der Waals surface area (Å²) in [6, 6.07) is 15.7. The molecule has 0 fully saturated rings. The molecule has 1 aromatic heterocycles. The van der Waals surface area contributed by atoms with Crippen LogP contribution < -0.4 is 10.3 Å². The summed E-state index contributed by atoms with van der Waals surface area (Å²) in [6.07, 6.45) is 1.86. The number of hydrogen-bond donors (Lipinski definition) is 0. The first-order valence-corrected chi connectivity index (χ1v) is 6.25. The number of aromatic nitrogens is 1. The van der Waals surface area contributed by atoms with Crippen molar-refractivity contribution < 1.29 is 0 Å². The van der Waals surface area contributed by atoms with E-state index in [0.29, 0.717) is 0 Å². The second-order valence-corrected chi connectivity index (χ2v) is 4.77. The van der Waals surface area contributed by atoms with Crippen molar-refractivity contribution in [2.24, 2.45) is 0 Å². The topological polar surface area (TPSA) is 25.2 Å². The first kappa shape index (κ1) is 10.4. The molecular formula is C16H12N2O. The highest BCUT2D eigenvalue weighted by atomic mass is 16.1. The molecule has 0 bridgehead atoms. The van der Waals surface area contributed by atoms with Gasteiger partial charge in [0.05, 0.1) is 22.6 Å². The molecule has 19 heavy (non-hydrogen) atoms. The summed E-state index contributed by atoms with van der Waals surface area (Å²) in [5.41, 5.74) is 4.37. The Kier molecular flexibility index (Phi) is 1.90. The van der Waals surface area contributed by atoms with Gasteiger partial charge in [-0.1, -0.05) is 18.2 Å². The number of pyridine rings is 1. The van der Waals surface area contributed by atoms with E-state index in [4.69, 9.17) is 0 Å². The van der Waals surface area contributed by atoms with Gasteiger partial charge in [-0.3, -0.25) is 4.79 Å². The van der Waals surface area contributed by atoms with E-state index in [1.807, 2.05) is 43.6 Å². The van der Waals surface area contributed by atoms with E-state index < -0.39 is 0 Å². The monoisotopic (exact) mass is 248 g/mol. The maximum atomic E-state index is 12.0. The molecule has 92 valence electrons. The van der Waals surface area contributed by atoms with Crippen LogP contribution in [-0.4, -0.2) is 11.6 Å². The molecule has 0 saturated heterocycles. The molecule has 0 spiro atoms. The summed E-state index contributed by atoms with van der Waals surface area (Å²) >= 11 is 0. The van der Waals surface area contributed by atoms with E-state index in [1.54, 1.807) is 6.07 Å². The molecule has 3 heteroatoms. The number of anilines is 2. The van der Waals surface area contributed by atoms with Gasteiger partial charge in [-0.25, -0.2) is 0 Å². The van der Waals surface area contributed by atoms with Gasteiger partial charge in [0.25, 0.3) is 0 Å². The quantitative estimate of drug-likeness (QED) is 0.611. The van der Waals surface area contributed by atoms with E-state index in [-0.39, 0.29) is 5.43 Å². The first-order valence-electron chi connectivity index (χ1n) is 6.25. The largest absolute Gasteiger partial charge is 0.341 e. The van der Waals surface area contributed by atoms with Crippen molar-refractivity contribution in [2.45, 2.75) is 0 Å². The summed E-state index contributed by atoms with van der Waals surface area (Å²) in [5.74, 6) is 0. The van der Waals surface area contributed by atoms with Crippen LogP contribution in [0, 0.1) is 0 Å². The minimum absolute atomic E-state index is 0.0703. The summed E-state index contributed by atoms with van der Waals surface area (Å²) in [6.45, 7) is 0. The molecule has 0 amide bonds. The third-order valence-corrected chi connectivity index (χ3v) is 3.76. The number of hydrogen-bond acceptors (Lipinski definition) is 2. The Balaban J connectivity index is 2.28. The van der Waals surface area contributed by atoms with E-state index in [9.17, 15) is 4.79 Å². The van der Waals surface area contributed by atoms with Gasteiger partial charge in [0.15, 0.2) is 5.43 Å². The Labute approximate surface area is 110 Å². The standard InChI is InChI=1S/C16H12N2O/c1-17-12-6-2-3-7-13(12)18-10-9-15(19)11-5-4-8-14(17)16(11)18/h2-10H,1H3. The number of rotatable bonds is 0. The molecule has 0 unspecified atom stereocenters. The first-order chi connectivity index (χ1) is 9.27. The lowest BCUT2D eigenvalue weighted by Crippen LogP contribution is -2.20. The highest BCUT2D eigenvalue weighted by molar-refractivity contribution is 5.98. The molecule has 3 nitrogen and oxygen atoms in total. The molecule has 0 saturated carbocycles. The maximum absolute atomic E-state index is 12.0. The number of para-hydroxylation sites is 3. The summed E-state index contributed by atoms with van der Waals surface area (Å²) in [5, 5.41) is 0.765. The van der Waals surface area contributed by atoms with Gasteiger partial charge in [-0.2, -0.15) is 0 Å². The lowest BCUT2D eigenvalue weighted by atomic mass is 10.1. The van der Waals surface area contributed by atoms with Gasteiger partial charge in [-0.15, -0.1) is 0 Å². The van der Waals surface area contributed by atoms with Gasteiger partial charge < -0.3 is 9.47 Å². The van der Waals surface area contributed by atoms with Crippen LogP contribution in [0.25, 0.3) is 16.6 Å². The second-order valence-electron chi connectivity index (χ2n) is 4.77. The van der Waals surface area contributed by atoms with Crippen molar-refractivity contribution in [3.8, 4) is 5.69 Å². The van der Waals surface area contributed by atoms with Crippen molar-refractivity contribution in [3.05, 3.63) is 65.0 Å². The summed E-state index contributed by atoms with van der Waals surface area (Å²) < 4.78 is 2.10. The molecule has 2 aromatic carbocycles. The average Bonchev–Trinajstić information content (AvgIpc) is 2.46. The molecular weight excluding hydrogens is 236 g/mol. The van der Waals surface area contributed by atoms with Gasteiger partial charge in [-0.05, 0) is 24.3 Å². The zero-order chi connectivity index (χ0) is 13.0. The molecule has 3 aromatic rings. The van der Waals surface area contributed by atoms with Crippen LogP contribution in [0.15, 0.2) is 59.5 Å². The Bertz CT molecular complexity index is 864. The predicted molar refractivity (Wildman–Crippen MR) is 77.6 cm³/mol. The fourth-order valence-electron chi connectivity index (χ4n) is 2.84. The minimum atomic E-state index is 0.0703. The Hall–Kier alpha value is -2.55. The molecule has 4 rings (SSSR count). The Morgan fingerprint density at radius 3 is 2.42 bits per heavy atom. The third kappa shape index (κ3) is 1.24. The lowest BCUT2D eigenvalue weighted by Gasteiger charge is -2.30. The molecule has 0 radical (unpaired) electrons. The zero-order valence-corrected chi connectivity index (χ0v) is 10.5. The Morgan fingerprint density at radius 2 is 1.58 bits per heavy atom. The minimum Gasteiger partial charge on any atom is -0.341 e. The van der Waals surface area contributed by atoms with Crippen LogP contribution >= 0.6 is 0 Å². The lowest BCUT2D eigenvalue weighted by molar-refractivity contribution is 1.04. The van der Waals surface area contributed by atoms with Gasteiger partial charge in [0.2, 0.25) is 0 Å². The van der Waals surface area contributed by atoms with E-state index in [1.165, 1.54) is 0 Å². The van der Waals surface area contributed by atoms with Crippen LogP contribution in [0.2, 0.25) is 0 Å². The van der Waals surface area contributed by atoms with Gasteiger partial charge >= 0.3 is 0 Å². The smallest absolute Gasteiger partial charge is 0.189 e. The van der Waals surface area contributed by atoms with Crippen molar-refractivity contribution >= 4 is 22.3 Å². The van der Waals surface area contributed by atoms with Crippen molar-refractivity contribution in [2.75, 3.05) is 11.9 Å². The molecule has 0 aliphatic carbocycles. The van der Waals surface area contributed by atoms with Gasteiger partial charge in [0, 0.05) is 24.7 Å². The highest BCUT2D eigenvalue weighted by Gasteiger charge is 2.21. The fraction of sp³-hybridized carbons (Fsp3) is 0.0625. The molecule has 1 aliphatic heterocycles. The maximum Gasteiger partial charge on any atom is 0.189 e. The van der Waals surface area contributed by atoms with Gasteiger partial charge in [0.1, 0.15) is 0 Å². The SMILES string of the molecule is CN1c2ccccc2-n2ccc(=O)c3cccc1c32.